The van der Waals surface area contributed by atoms with Crippen LogP contribution in [0.15, 0.2) is 12.5 Å². The molecule has 3 nitrogen and oxygen atoms in total. The monoisotopic (exact) mass is 248 g/mol. The molecule has 3 heteroatoms. The molecule has 1 N–H and O–H groups in total. The van der Waals surface area contributed by atoms with Crippen LogP contribution in [0.3, 0.4) is 0 Å². The van der Waals surface area contributed by atoms with Gasteiger partial charge in [-0.1, -0.05) is 6.42 Å². The fourth-order valence-electron chi connectivity index (χ4n) is 4.08. The molecule has 2 aliphatic carbocycles. The van der Waals surface area contributed by atoms with E-state index in [1.165, 1.54) is 25.7 Å². The van der Waals surface area contributed by atoms with Gasteiger partial charge in [-0.05, 0) is 57.3 Å². The van der Waals surface area contributed by atoms with Gasteiger partial charge in [0.15, 0.2) is 0 Å². The highest BCUT2D eigenvalue weighted by molar-refractivity contribution is 5.05. The van der Waals surface area contributed by atoms with Gasteiger partial charge in [0, 0.05) is 6.04 Å². The lowest BCUT2D eigenvalue weighted by molar-refractivity contribution is 0.117. The zero-order valence-corrected chi connectivity index (χ0v) is 11.4. The number of rotatable bonds is 4. The van der Waals surface area contributed by atoms with Crippen LogP contribution in [0.4, 0.5) is 0 Å². The molecular formula is C15H24N2O. The van der Waals surface area contributed by atoms with Gasteiger partial charge >= 0.3 is 0 Å². The molecule has 1 aromatic rings. The topological polar surface area (TPSA) is 38.0 Å². The molecule has 2 aliphatic rings. The van der Waals surface area contributed by atoms with E-state index in [1.807, 2.05) is 12.5 Å². The SMILES string of the molecule is CC(C)n1cncc1C(O)CC1CC2CCC1C2. The molecule has 1 heterocycles. The summed E-state index contributed by atoms with van der Waals surface area (Å²) >= 11 is 0. The van der Waals surface area contributed by atoms with Crippen molar-refractivity contribution in [1.82, 2.24) is 9.55 Å². The molecular weight excluding hydrogens is 224 g/mol. The largest absolute Gasteiger partial charge is 0.387 e. The van der Waals surface area contributed by atoms with Crippen molar-refractivity contribution < 1.29 is 5.11 Å². The van der Waals surface area contributed by atoms with Crippen molar-refractivity contribution in [3.05, 3.63) is 18.2 Å². The number of imidazole rings is 1. The number of aliphatic hydroxyl groups is 1. The second-order valence-electron chi connectivity index (χ2n) is 6.51. The zero-order valence-electron chi connectivity index (χ0n) is 11.4. The average Bonchev–Trinajstić information content (AvgIpc) is 3.04. The summed E-state index contributed by atoms with van der Waals surface area (Å²) in [7, 11) is 0. The van der Waals surface area contributed by atoms with Crippen molar-refractivity contribution in [3.8, 4) is 0 Å². The minimum absolute atomic E-state index is 0.334. The van der Waals surface area contributed by atoms with Crippen LogP contribution in [0.2, 0.25) is 0 Å². The summed E-state index contributed by atoms with van der Waals surface area (Å²) in [6.45, 7) is 4.27. The lowest BCUT2D eigenvalue weighted by Crippen LogP contribution is -2.16. The standard InChI is InChI=1S/C15H24N2O/c1-10(2)17-9-16-8-14(17)15(18)7-13-6-11-3-4-12(13)5-11/h8-13,15,18H,3-7H2,1-2H3. The molecule has 0 radical (unpaired) electrons. The van der Waals surface area contributed by atoms with Gasteiger partial charge in [-0.25, -0.2) is 4.98 Å². The third-order valence-electron chi connectivity index (χ3n) is 5.00. The molecule has 2 bridgehead atoms. The van der Waals surface area contributed by atoms with Crippen molar-refractivity contribution in [2.45, 2.75) is 58.1 Å². The van der Waals surface area contributed by atoms with E-state index in [1.54, 1.807) is 0 Å². The normalized spacial score (nSPS) is 32.3. The van der Waals surface area contributed by atoms with E-state index < -0.39 is 0 Å². The third-order valence-corrected chi connectivity index (χ3v) is 5.00. The molecule has 4 unspecified atom stereocenters. The fourth-order valence-corrected chi connectivity index (χ4v) is 4.08. The Bertz CT molecular complexity index is 412. The van der Waals surface area contributed by atoms with Crippen LogP contribution in [-0.4, -0.2) is 14.7 Å². The first-order chi connectivity index (χ1) is 8.65. The van der Waals surface area contributed by atoms with Crippen LogP contribution in [0.1, 0.15) is 63.8 Å². The van der Waals surface area contributed by atoms with E-state index >= 15 is 0 Å². The Morgan fingerprint density at radius 1 is 1.39 bits per heavy atom. The summed E-state index contributed by atoms with van der Waals surface area (Å²) in [6, 6.07) is 0.372. The van der Waals surface area contributed by atoms with E-state index in [2.05, 4.69) is 23.4 Å². The second kappa shape index (κ2) is 4.69. The summed E-state index contributed by atoms with van der Waals surface area (Å²) in [5.74, 6) is 2.59. The van der Waals surface area contributed by atoms with Gasteiger partial charge in [0.25, 0.3) is 0 Å². The summed E-state index contributed by atoms with van der Waals surface area (Å²) in [5.41, 5.74) is 0.993. The van der Waals surface area contributed by atoms with Crippen molar-refractivity contribution in [2.24, 2.45) is 17.8 Å². The van der Waals surface area contributed by atoms with E-state index in [9.17, 15) is 5.11 Å². The molecule has 0 aliphatic heterocycles. The van der Waals surface area contributed by atoms with Gasteiger partial charge in [-0.2, -0.15) is 0 Å². The van der Waals surface area contributed by atoms with Crippen LogP contribution in [0.5, 0.6) is 0 Å². The minimum atomic E-state index is -0.334. The molecule has 100 valence electrons. The predicted molar refractivity (Wildman–Crippen MR) is 71.1 cm³/mol. The maximum atomic E-state index is 10.5. The van der Waals surface area contributed by atoms with Crippen LogP contribution in [-0.2, 0) is 0 Å². The number of aromatic nitrogens is 2. The molecule has 4 atom stereocenters. The van der Waals surface area contributed by atoms with E-state index in [0.717, 1.165) is 29.9 Å². The Morgan fingerprint density at radius 3 is 2.83 bits per heavy atom. The molecule has 0 spiro atoms. The number of nitrogens with zero attached hydrogens (tertiary/aromatic N) is 2. The summed E-state index contributed by atoms with van der Waals surface area (Å²) < 4.78 is 2.10. The maximum absolute atomic E-state index is 10.5. The van der Waals surface area contributed by atoms with E-state index in [4.69, 9.17) is 0 Å². The Balaban J connectivity index is 1.67. The van der Waals surface area contributed by atoms with Crippen LogP contribution < -0.4 is 0 Å². The van der Waals surface area contributed by atoms with Crippen molar-refractivity contribution in [1.29, 1.82) is 0 Å². The van der Waals surface area contributed by atoms with Gasteiger partial charge in [-0.15, -0.1) is 0 Å². The predicted octanol–water partition coefficient (Wildman–Crippen LogP) is 3.32. The van der Waals surface area contributed by atoms with Gasteiger partial charge < -0.3 is 9.67 Å². The van der Waals surface area contributed by atoms with Gasteiger partial charge in [0.1, 0.15) is 0 Å². The van der Waals surface area contributed by atoms with Crippen LogP contribution in [0.25, 0.3) is 0 Å². The van der Waals surface area contributed by atoms with E-state index in [0.29, 0.717) is 6.04 Å². The summed E-state index contributed by atoms with van der Waals surface area (Å²) in [6.07, 6.45) is 9.85. The van der Waals surface area contributed by atoms with E-state index in [-0.39, 0.29) is 6.10 Å². The summed E-state index contributed by atoms with van der Waals surface area (Å²) in [4.78, 5) is 4.19. The number of fused-ring (bicyclic) bond motifs is 2. The Morgan fingerprint density at radius 2 is 2.22 bits per heavy atom. The number of hydrogen-bond donors (Lipinski definition) is 1. The number of aliphatic hydroxyl groups excluding tert-OH is 1. The fraction of sp³-hybridized carbons (Fsp3) is 0.800. The highest BCUT2D eigenvalue weighted by Gasteiger charge is 2.40. The van der Waals surface area contributed by atoms with Crippen molar-refractivity contribution in [2.75, 3.05) is 0 Å². The quantitative estimate of drug-likeness (QED) is 0.887. The average molecular weight is 248 g/mol. The van der Waals surface area contributed by atoms with Gasteiger partial charge in [0.2, 0.25) is 0 Å². The molecule has 2 fully saturated rings. The molecule has 0 amide bonds. The first-order valence-corrected chi connectivity index (χ1v) is 7.35. The van der Waals surface area contributed by atoms with Crippen molar-refractivity contribution >= 4 is 0 Å². The molecule has 3 rings (SSSR count). The Labute approximate surface area is 109 Å². The third kappa shape index (κ3) is 2.09. The molecule has 0 saturated heterocycles. The molecule has 0 aromatic carbocycles. The molecule has 2 saturated carbocycles. The first-order valence-electron chi connectivity index (χ1n) is 7.35. The van der Waals surface area contributed by atoms with Crippen molar-refractivity contribution in [3.63, 3.8) is 0 Å². The molecule has 18 heavy (non-hydrogen) atoms. The second-order valence-corrected chi connectivity index (χ2v) is 6.51. The smallest absolute Gasteiger partial charge is 0.0958 e. The minimum Gasteiger partial charge on any atom is -0.387 e. The zero-order chi connectivity index (χ0) is 12.7. The highest BCUT2D eigenvalue weighted by Crippen LogP contribution is 2.50. The maximum Gasteiger partial charge on any atom is 0.0958 e. The summed E-state index contributed by atoms with van der Waals surface area (Å²) in [5, 5.41) is 10.5. The molecule has 1 aromatic heterocycles. The van der Waals surface area contributed by atoms with Crippen LogP contribution >= 0.6 is 0 Å². The lowest BCUT2D eigenvalue weighted by Gasteiger charge is -2.25. The number of hydrogen-bond acceptors (Lipinski definition) is 2. The van der Waals surface area contributed by atoms with Gasteiger partial charge in [-0.3, -0.25) is 0 Å². The first kappa shape index (κ1) is 12.2. The highest BCUT2D eigenvalue weighted by atomic mass is 16.3. The Hall–Kier alpha value is -0.830. The van der Waals surface area contributed by atoms with Crippen LogP contribution in [0, 0.1) is 17.8 Å². The lowest BCUT2D eigenvalue weighted by atomic mass is 9.84. The Kier molecular flexibility index (Phi) is 3.18. The van der Waals surface area contributed by atoms with Gasteiger partial charge in [0.05, 0.1) is 24.3 Å².